The van der Waals surface area contributed by atoms with Crippen LogP contribution in [-0.2, 0) is 4.79 Å². The zero-order valence-electron chi connectivity index (χ0n) is 16.8. The van der Waals surface area contributed by atoms with Crippen molar-refractivity contribution in [3.05, 3.63) is 58.0 Å². The molecule has 1 aliphatic heterocycles. The van der Waals surface area contributed by atoms with Gasteiger partial charge in [0.2, 0.25) is 0 Å². The summed E-state index contributed by atoms with van der Waals surface area (Å²) >= 11 is 4.88. The van der Waals surface area contributed by atoms with Crippen molar-refractivity contribution in [2.45, 2.75) is 37.2 Å². The van der Waals surface area contributed by atoms with Crippen LogP contribution in [0.5, 0.6) is 11.5 Å². The number of methoxy groups -OCH3 is 2. The van der Waals surface area contributed by atoms with E-state index in [0.717, 1.165) is 28.6 Å². The van der Waals surface area contributed by atoms with Crippen LogP contribution in [0.25, 0.3) is 0 Å². The summed E-state index contributed by atoms with van der Waals surface area (Å²) in [4.78, 5) is 17.0. The molecular formula is C22H25BrN2O3S. The van der Waals surface area contributed by atoms with Crippen molar-refractivity contribution >= 4 is 39.3 Å². The van der Waals surface area contributed by atoms with E-state index in [1.165, 1.54) is 11.8 Å². The Bertz CT molecular complexity index is 864. The van der Waals surface area contributed by atoms with Crippen molar-refractivity contribution in [2.24, 2.45) is 0 Å². The second-order valence-corrected chi connectivity index (χ2v) is 8.61. The molecule has 1 amide bonds. The zero-order valence-corrected chi connectivity index (χ0v) is 19.2. The largest absolute Gasteiger partial charge is 0.494 e. The van der Waals surface area contributed by atoms with E-state index < -0.39 is 0 Å². The number of nitrogens with one attached hydrogen (secondary N) is 1. The van der Waals surface area contributed by atoms with Crippen LogP contribution in [0.1, 0.15) is 26.2 Å². The number of halogens is 1. The first-order chi connectivity index (χ1) is 14.1. The Labute approximate surface area is 184 Å². The number of unbranched alkanes of at least 4 members (excludes halogenated alkanes) is 1. The van der Waals surface area contributed by atoms with Gasteiger partial charge in [-0.1, -0.05) is 47.1 Å². The third kappa shape index (κ3) is 4.90. The molecule has 1 unspecified atom stereocenters. The van der Waals surface area contributed by atoms with Crippen molar-refractivity contribution < 1.29 is 14.3 Å². The Morgan fingerprint density at radius 2 is 1.76 bits per heavy atom. The molecule has 3 rings (SSSR count). The maximum atomic E-state index is 13.6. The smallest absolute Gasteiger partial charge is 0.268 e. The predicted octanol–water partition coefficient (Wildman–Crippen LogP) is 5.55. The summed E-state index contributed by atoms with van der Waals surface area (Å²) in [5, 5.41) is 3.42. The Morgan fingerprint density at radius 1 is 1.10 bits per heavy atom. The quantitative estimate of drug-likeness (QED) is 0.540. The summed E-state index contributed by atoms with van der Waals surface area (Å²) in [6, 6.07) is 13.5. The van der Waals surface area contributed by atoms with Gasteiger partial charge in [0.25, 0.3) is 5.91 Å². The second-order valence-electron chi connectivity index (χ2n) is 6.58. The van der Waals surface area contributed by atoms with E-state index in [2.05, 4.69) is 28.2 Å². The number of benzene rings is 2. The number of amides is 1. The molecule has 29 heavy (non-hydrogen) atoms. The number of thioether (sulfide) groups is 1. The first kappa shape index (κ1) is 21.6. The van der Waals surface area contributed by atoms with Gasteiger partial charge in [-0.3, -0.25) is 9.69 Å². The highest BCUT2D eigenvalue weighted by Gasteiger charge is 2.35. The molecule has 0 aromatic heterocycles. The van der Waals surface area contributed by atoms with Gasteiger partial charge < -0.3 is 14.8 Å². The lowest BCUT2D eigenvalue weighted by atomic mass is 10.1. The molecular weight excluding hydrogens is 452 g/mol. The number of ether oxygens (including phenoxy) is 2. The summed E-state index contributed by atoms with van der Waals surface area (Å²) in [7, 11) is 3.21. The number of carbonyl (C=O) groups excluding carboxylic acids is 1. The highest BCUT2D eigenvalue weighted by molar-refractivity contribution is 9.10. The Kier molecular flexibility index (Phi) is 7.50. The number of carbonyl (C=O) groups is 1. The summed E-state index contributed by atoms with van der Waals surface area (Å²) in [6.45, 7) is 2.14. The van der Waals surface area contributed by atoms with Gasteiger partial charge in [-0.05, 0) is 49.2 Å². The summed E-state index contributed by atoms with van der Waals surface area (Å²) in [5.41, 5.74) is 0.651. The van der Waals surface area contributed by atoms with E-state index in [-0.39, 0.29) is 12.1 Å². The molecule has 1 aliphatic rings. The van der Waals surface area contributed by atoms with Gasteiger partial charge >= 0.3 is 0 Å². The Balaban J connectivity index is 1.99. The highest BCUT2D eigenvalue weighted by atomic mass is 79.9. The van der Waals surface area contributed by atoms with E-state index >= 15 is 0 Å². The van der Waals surface area contributed by atoms with Crippen LogP contribution in [0.4, 0.5) is 5.69 Å². The van der Waals surface area contributed by atoms with Gasteiger partial charge in [0.1, 0.15) is 23.4 Å². The molecule has 154 valence electrons. The molecule has 0 saturated heterocycles. The number of hydrogen-bond donors (Lipinski definition) is 1. The molecule has 1 heterocycles. The average Bonchev–Trinajstić information content (AvgIpc) is 2.75. The summed E-state index contributed by atoms with van der Waals surface area (Å²) in [6.07, 6.45) is 4.54. The molecule has 0 radical (unpaired) electrons. The molecule has 1 N–H and O–H groups in total. The van der Waals surface area contributed by atoms with E-state index in [9.17, 15) is 4.79 Å². The first-order valence-electron chi connectivity index (χ1n) is 9.53. The lowest BCUT2D eigenvalue weighted by Gasteiger charge is -2.37. The van der Waals surface area contributed by atoms with Crippen molar-refractivity contribution in [3.63, 3.8) is 0 Å². The molecule has 0 saturated carbocycles. The standard InChI is InChI=1S/C22H25BrN2O3S/c1-4-5-9-20-24-14-19(29-16-12-10-15(23)11-13-16)22(26)25(20)21-17(27-2)7-6-8-18(21)28-3/h6-8,10-14,20,24H,4-5,9H2,1-3H3. The first-order valence-corrected chi connectivity index (χ1v) is 11.1. The van der Waals surface area contributed by atoms with Crippen LogP contribution in [0, 0.1) is 0 Å². The van der Waals surface area contributed by atoms with Gasteiger partial charge in [-0.2, -0.15) is 0 Å². The van der Waals surface area contributed by atoms with Crippen LogP contribution in [0.2, 0.25) is 0 Å². The lowest BCUT2D eigenvalue weighted by Crippen LogP contribution is -2.51. The van der Waals surface area contributed by atoms with Crippen LogP contribution in [-0.4, -0.2) is 26.3 Å². The fourth-order valence-corrected chi connectivity index (χ4v) is 4.31. The lowest BCUT2D eigenvalue weighted by molar-refractivity contribution is -0.115. The molecule has 0 bridgehead atoms. The van der Waals surface area contributed by atoms with Crippen molar-refractivity contribution in [1.82, 2.24) is 5.32 Å². The Morgan fingerprint density at radius 3 is 2.34 bits per heavy atom. The molecule has 0 fully saturated rings. The predicted molar refractivity (Wildman–Crippen MR) is 122 cm³/mol. The fraction of sp³-hybridized carbons (Fsp3) is 0.318. The minimum Gasteiger partial charge on any atom is -0.494 e. The number of hydrogen-bond acceptors (Lipinski definition) is 5. The third-order valence-corrected chi connectivity index (χ3v) is 6.21. The Hall–Kier alpha value is -2.12. The van der Waals surface area contributed by atoms with Gasteiger partial charge in [0, 0.05) is 15.6 Å². The zero-order chi connectivity index (χ0) is 20.8. The molecule has 2 aromatic rings. The third-order valence-electron chi connectivity index (χ3n) is 4.66. The molecule has 7 heteroatoms. The van der Waals surface area contributed by atoms with Crippen molar-refractivity contribution in [1.29, 1.82) is 0 Å². The van der Waals surface area contributed by atoms with Crippen LogP contribution < -0.4 is 19.7 Å². The minimum atomic E-state index is -0.165. The monoisotopic (exact) mass is 476 g/mol. The summed E-state index contributed by atoms with van der Waals surface area (Å²) in [5.74, 6) is 1.15. The van der Waals surface area contributed by atoms with E-state index in [4.69, 9.17) is 9.47 Å². The minimum absolute atomic E-state index is 0.0689. The molecule has 0 aliphatic carbocycles. The highest BCUT2D eigenvalue weighted by Crippen LogP contribution is 2.42. The maximum Gasteiger partial charge on any atom is 0.268 e. The topological polar surface area (TPSA) is 50.8 Å². The summed E-state index contributed by atoms with van der Waals surface area (Å²) < 4.78 is 12.2. The second kappa shape index (κ2) is 10.1. The van der Waals surface area contributed by atoms with Crippen molar-refractivity contribution in [2.75, 3.05) is 19.1 Å². The molecule has 5 nitrogen and oxygen atoms in total. The van der Waals surface area contributed by atoms with Gasteiger partial charge in [0.05, 0.1) is 19.1 Å². The van der Waals surface area contributed by atoms with Gasteiger partial charge in [-0.15, -0.1) is 0 Å². The van der Waals surface area contributed by atoms with Crippen LogP contribution in [0.15, 0.2) is 62.9 Å². The van der Waals surface area contributed by atoms with E-state index in [1.54, 1.807) is 19.1 Å². The fourth-order valence-electron chi connectivity index (χ4n) is 3.21. The van der Waals surface area contributed by atoms with E-state index in [1.807, 2.05) is 48.7 Å². The number of rotatable bonds is 8. The normalized spacial score (nSPS) is 16.3. The van der Waals surface area contributed by atoms with Gasteiger partial charge in [0.15, 0.2) is 0 Å². The van der Waals surface area contributed by atoms with Crippen molar-refractivity contribution in [3.8, 4) is 11.5 Å². The number of para-hydroxylation sites is 1. The maximum absolute atomic E-state index is 13.6. The number of nitrogens with zero attached hydrogens (tertiary/aromatic N) is 1. The SMILES string of the molecule is CCCCC1NC=C(Sc2ccc(Br)cc2)C(=O)N1c1c(OC)cccc1OC. The van der Waals surface area contributed by atoms with Crippen LogP contribution in [0.3, 0.4) is 0 Å². The number of anilines is 1. The molecule has 2 aromatic carbocycles. The van der Waals surface area contributed by atoms with Gasteiger partial charge in [-0.25, -0.2) is 0 Å². The van der Waals surface area contributed by atoms with E-state index in [0.29, 0.717) is 22.1 Å². The molecule has 1 atom stereocenters. The molecule has 0 spiro atoms. The van der Waals surface area contributed by atoms with Crippen LogP contribution >= 0.6 is 27.7 Å². The average molecular weight is 477 g/mol.